The van der Waals surface area contributed by atoms with E-state index in [-0.39, 0.29) is 5.82 Å². The molecule has 0 radical (unpaired) electrons. The highest BCUT2D eigenvalue weighted by molar-refractivity contribution is 5.80. The number of imidazole rings is 1. The van der Waals surface area contributed by atoms with E-state index in [9.17, 15) is 4.39 Å². The molecule has 3 heterocycles. The van der Waals surface area contributed by atoms with Crippen LogP contribution in [0.3, 0.4) is 0 Å². The molecule has 1 N–H and O–H groups in total. The number of piperazine rings is 1. The molecule has 1 aromatic heterocycles. The number of likely N-dealkylation sites (tertiary alicyclic amines) is 1. The standard InChI is InChI=1S/C24H36FN7/c1-20-8-12-31(18-23(20)32-13-10-27-19-32)24(26-2)28-9-5-11-29-14-16-30(17-15-29)22-7-4-3-6-21(22)25/h3-4,6-7,10,13,19-20,23H,5,8-9,11-12,14-18H2,1-2H3,(H,26,28). The van der Waals surface area contributed by atoms with E-state index in [4.69, 9.17) is 0 Å². The summed E-state index contributed by atoms with van der Waals surface area (Å²) in [6.07, 6.45) is 8.05. The van der Waals surface area contributed by atoms with Crippen LogP contribution in [0.5, 0.6) is 0 Å². The predicted molar refractivity (Wildman–Crippen MR) is 128 cm³/mol. The average molecular weight is 442 g/mol. The number of hydrogen-bond donors (Lipinski definition) is 1. The van der Waals surface area contributed by atoms with E-state index in [2.05, 4.69) is 47.7 Å². The monoisotopic (exact) mass is 441 g/mol. The summed E-state index contributed by atoms with van der Waals surface area (Å²) in [6, 6.07) is 7.50. The lowest BCUT2D eigenvalue weighted by Gasteiger charge is -2.39. The van der Waals surface area contributed by atoms with Crippen LogP contribution in [0.2, 0.25) is 0 Å². The number of aliphatic imine (C=N–C) groups is 1. The third-order valence-corrected chi connectivity index (χ3v) is 6.84. The molecule has 2 fully saturated rings. The highest BCUT2D eigenvalue weighted by Crippen LogP contribution is 2.27. The van der Waals surface area contributed by atoms with Crippen LogP contribution in [0.25, 0.3) is 0 Å². The van der Waals surface area contributed by atoms with Gasteiger partial charge in [0.1, 0.15) is 5.82 Å². The Morgan fingerprint density at radius 1 is 1.19 bits per heavy atom. The lowest BCUT2D eigenvalue weighted by molar-refractivity contribution is 0.188. The zero-order chi connectivity index (χ0) is 22.3. The van der Waals surface area contributed by atoms with Crippen molar-refractivity contribution in [3.05, 3.63) is 48.8 Å². The van der Waals surface area contributed by atoms with Gasteiger partial charge in [0, 0.05) is 65.3 Å². The Morgan fingerprint density at radius 3 is 2.72 bits per heavy atom. The van der Waals surface area contributed by atoms with Gasteiger partial charge in [0.05, 0.1) is 18.1 Å². The van der Waals surface area contributed by atoms with E-state index in [0.29, 0.717) is 12.0 Å². The van der Waals surface area contributed by atoms with Gasteiger partial charge in [0.2, 0.25) is 0 Å². The number of halogens is 1. The maximum atomic E-state index is 14.0. The second-order valence-corrected chi connectivity index (χ2v) is 8.90. The fourth-order valence-electron chi connectivity index (χ4n) is 4.85. The van der Waals surface area contributed by atoms with Crippen molar-refractivity contribution in [1.29, 1.82) is 0 Å². The normalized spacial score (nSPS) is 22.9. The molecule has 8 heteroatoms. The molecule has 2 aliphatic heterocycles. The van der Waals surface area contributed by atoms with E-state index >= 15 is 0 Å². The lowest BCUT2D eigenvalue weighted by atomic mass is 9.93. The SMILES string of the molecule is CN=C(NCCCN1CCN(c2ccccc2F)CC1)N1CCC(C)C(n2ccnc2)C1. The molecule has 7 nitrogen and oxygen atoms in total. The van der Waals surface area contributed by atoms with Gasteiger partial charge in [0.15, 0.2) is 5.96 Å². The first-order valence-corrected chi connectivity index (χ1v) is 11.8. The van der Waals surface area contributed by atoms with Crippen LogP contribution in [0.4, 0.5) is 10.1 Å². The Bertz CT molecular complexity index is 861. The molecule has 2 saturated heterocycles. The van der Waals surface area contributed by atoms with Crippen LogP contribution in [-0.4, -0.2) is 84.7 Å². The van der Waals surface area contributed by atoms with Crippen molar-refractivity contribution < 1.29 is 4.39 Å². The predicted octanol–water partition coefficient (Wildman–Crippen LogP) is 2.69. The van der Waals surface area contributed by atoms with E-state index in [1.165, 1.54) is 0 Å². The average Bonchev–Trinajstić information content (AvgIpc) is 3.35. The molecule has 4 rings (SSSR count). The van der Waals surface area contributed by atoms with Gasteiger partial charge in [-0.05, 0) is 37.4 Å². The van der Waals surface area contributed by atoms with Crippen LogP contribution in [0, 0.1) is 11.7 Å². The van der Waals surface area contributed by atoms with E-state index in [1.807, 2.05) is 31.7 Å². The lowest BCUT2D eigenvalue weighted by Crippen LogP contribution is -2.50. The summed E-state index contributed by atoms with van der Waals surface area (Å²) < 4.78 is 16.3. The zero-order valence-electron chi connectivity index (χ0n) is 19.3. The molecule has 174 valence electrons. The number of para-hydroxylation sites is 1. The van der Waals surface area contributed by atoms with Gasteiger partial charge in [0.25, 0.3) is 0 Å². The Kier molecular flexibility index (Phi) is 7.63. The van der Waals surface area contributed by atoms with Gasteiger partial charge >= 0.3 is 0 Å². The number of piperidine rings is 1. The summed E-state index contributed by atoms with van der Waals surface area (Å²) in [5.41, 5.74) is 0.725. The number of guanidine groups is 1. The van der Waals surface area contributed by atoms with Crippen molar-refractivity contribution in [3.63, 3.8) is 0 Å². The molecule has 0 saturated carbocycles. The van der Waals surface area contributed by atoms with Gasteiger partial charge in [-0.15, -0.1) is 0 Å². The summed E-state index contributed by atoms with van der Waals surface area (Å²) in [6.45, 7) is 9.95. The molecule has 0 amide bonds. The second-order valence-electron chi connectivity index (χ2n) is 8.90. The third kappa shape index (κ3) is 5.41. The number of hydrogen-bond acceptors (Lipinski definition) is 4. The minimum absolute atomic E-state index is 0.126. The van der Waals surface area contributed by atoms with Crippen molar-refractivity contribution in [2.45, 2.75) is 25.8 Å². The number of nitrogens with one attached hydrogen (secondary N) is 1. The highest BCUT2D eigenvalue weighted by Gasteiger charge is 2.28. The molecule has 0 aliphatic carbocycles. The fraction of sp³-hybridized carbons (Fsp3) is 0.583. The molecule has 0 bridgehead atoms. The summed E-state index contributed by atoms with van der Waals surface area (Å²) >= 11 is 0. The Hall–Kier alpha value is -2.61. The van der Waals surface area contributed by atoms with Crippen LogP contribution >= 0.6 is 0 Å². The maximum absolute atomic E-state index is 14.0. The third-order valence-electron chi connectivity index (χ3n) is 6.84. The molecule has 2 aliphatic rings. The summed E-state index contributed by atoms with van der Waals surface area (Å²) in [5.74, 6) is 1.49. The number of benzene rings is 1. The smallest absolute Gasteiger partial charge is 0.193 e. The van der Waals surface area contributed by atoms with Crippen LogP contribution in [0.15, 0.2) is 48.0 Å². The van der Waals surface area contributed by atoms with Crippen LogP contribution in [-0.2, 0) is 0 Å². The summed E-state index contributed by atoms with van der Waals surface area (Å²) in [7, 11) is 1.87. The van der Waals surface area contributed by atoms with Crippen molar-refractivity contribution in [1.82, 2.24) is 24.7 Å². The minimum Gasteiger partial charge on any atom is -0.367 e. The molecule has 0 spiro atoms. The Labute approximate surface area is 190 Å². The van der Waals surface area contributed by atoms with Gasteiger partial charge in [-0.2, -0.15) is 0 Å². The van der Waals surface area contributed by atoms with E-state index in [1.54, 1.807) is 12.1 Å². The number of anilines is 1. The van der Waals surface area contributed by atoms with Gasteiger partial charge in [-0.25, -0.2) is 9.37 Å². The molecular formula is C24H36FN7. The highest BCUT2D eigenvalue weighted by atomic mass is 19.1. The topological polar surface area (TPSA) is 51.9 Å². The van der Waals surface area contributed by atoms with Gasteiger partial charge in [-0.1, -0.05) is 19.1 Å². The summed E-state index contributed by atoms with van der Waals surface area (Å²) in [4.78, 5) is 15.8. The van der Waals surface area contributed by atoms with Crippen LogP contribution < -0.4 is 10.2 Å². The van der Waals surface area contributed by atoms with E-state index in [0.717, 1.165) is 76.8 Å². The first-order chi connectivity index (χ1) is 15.7. The molecule has 2 atom stereocenters. The fourth-order valence-corrected chi connectivity index (χ4v) is 4.85. The molecular weight excluding hydrogens is 405 g/mol. The number of nitrogens with zero attached hydrogens (tertiary/aromatic N) is 6. The zero-order valence-corrected chi connectivity index (χ0v) is 19.3. The Balaban J connectivity index is 1.19. The number of rotatable bonds is 6. The maximum Gasteiger partial charge on any atom is 0.193 e. The second kappa shape index (κ2) is 10.8. The summed E-state index contributed by atoms with van der Waals surface area (Å²) in [5, 5.41) is 3.57. The van der Waals surface area contributed by atoms with Crippen molar-refractivity contribution >= 4 is 11.6 Å². The molecule has 1 aromatic carbocycles. The van der Waals surface area contributed by atoms with Crippen LogP contribution in [0.1, 0.15) is 25.8 Å². The van der Waals surface area contributed by atoms with Crippen molar-refractivity contribution in [3.8, 4) is 0 Å². The number of aromatic nitrogens is 2. The van der Waals surface area contributed by atoms with Gasteiger partial charge < -0.3 is 19.7 Å². The first kappa shape index (κ1) is 22.6. The Morgan fingerprint density at radius 2 is 2.00 bits per heavy atom. The minimum atomic E-state index is -0.126. The molecule has 2 unspecified atom stereocenters. The van der Waals surface area contributed by atoms with Gasteiger partial charge in [-0.3, -0.25) is 9.89 Å². The molecule has 2 aromatic rings. The molecule has 32 heavy (non-hydrogen) atoms. The van der Waals surface area contributed by atoms with Crippen molar-refractivity contribution in [2.75, 3.05) is 64.3 Å². The van der Waals surface area contributed by atoms with E-state index < -0.39 is 0 Å². The first-order valence-electron chi connectivity index (χ1n) is 11.8. The quantitative estimate of drug-likeness (QED) is 0.424. The largest absolute Gasteiger partial charge is 0.367 e. The van der Waals surface area contributed by atoms with Crippen molar-refractivity contribution in [2.24, 2.45) is 10.9 Å².